The van der Waals surface area contributed by atoms with Crippen molar-refractivity contribution >= 4 is 22.4 Å². The lowest BCUT2D eigenvalue weighted by molar-refractivity contribution is 0.00578. The molecule has 2 heterocycles. The van der Waals surface area contributed by atoms with Gasteiger partial charge < -0.3 is 14.3 Å². The topological polar surface area (TPSA) is 85.5 Å². The number of rotatable bonds is 2. The number of aromatic amines is 1. The second kappa shape index (κ2) is 4.44. The van der Waals surface area contributed by atoms with Gasteiger partial charge >= 0.3 is 7.12 Å². The molecule has 0 bridgehead atoms. The highest BCUT2D eigenvalue weighted by atomic mass is 32.2. The van der Waals surface area contributed by atoms with E-state index < -0.39 is 33.7 Å². The van der Waals surface area contributed by atoms with E-state index >= 15 is 0 Å². The lowest BCUT2D eigenvalue weighted by Crippen LogP contribution is -2.45. The van der Waals surface area contributed by atoms with Crippen LogP contribution in [0.15, 0.2) is 22.0 Å². The average molecular weight is 299 g/mol. The first-order chi connectivity index (χ1) is 8.94. The molecule has 1 fully saturated rings. The van der Waals surface area contributed by atoms with Crippen LogP contribution in [0.25, 0.3) is 0 Å². The predicted molar refractivity (Wildman–Crippen MR) is 75.9 cm³/mol. The molecule has 1 aromatic rings. The quantitative estimate of drug-likeness (QED) is 0.782. The standard InChI is InChI=1S/C12H18BNO5S/c1-11(2)12(3,4)19-13(18-11)8-6-7-9(14-10(8)15)20(5,16)17/h6-7H,1-5H3,(H,14,15). The van der Waals surface area contributed by atoms with Gasteiger partial charge in [-0.3, -0.25) is 4.79 Å². The van der Waals surface area contributed by atoms with Crippen molar-refractivity contribution in [2.45, 2.75) is 43.9 Å². The van der Waals surface area contributed by atoms with Crippen molar-refractivity contribution in [1.29, 1.82) is 0 Å². The van der Waals surface area contributed by atoms with Crippen molar-refractivity contribution in [2.24, 2.45) is 0 Å². The van der Waals surface area contributed by atoms with Gasteiger partial charge in [-0.2, -0.15) is 0 Å². The third kappa shape index (κ3) is 2.55. The van der Waals surface area contributed by atoms with Crippen LogP contribution in [-0.2, 0) is 19.1 Å². The molecule has 0 unspecified atom stereocenters. The number of nitrogens with one attached hydrogen (secondary N) is 1. The minimum absolute atomic E-state index is 0.122. The summed E-state index contributed by atoms with van der Waals surface area (Å²) in [6.07, 6.45) is 1.03. The third-order valence-corrected chi connectivity index (χ3v) is 4.86. The molecule has 0 spiro atoms. The zero-order valence-corrected chi connectivity index (χ0v) is 13.0. The van der Waals surface area contributed by atoms with Crippen molar-refractivity contribution in [3.63, 3.8) is 0 Å². The summed E-state index contributed by atoms with van der Waals surface area (Å²) in [5.41, 5.74) is -1.37. The molecule has 0 aromatic carbocycles. The summed E-state index contributed by atoms with van der Waals surface area (Å²) in [5.74, 6) is 0. The lowest BCUT2D eigenvalue weighted by Gasteiger charge is -2.32. The Kier molecular flexibility index (Phi) is 3.39. The number of sulfone groups is 1. The van der Waals surface area contributed by atoms with Crippen molar-refractivity contribution in [1.82, 2.24) is 4.98 Å². The highest BCUT2D eigenvalue weighted by Crippen LogP contribution is 2.36. The third-order valence-electron chi connectivity index (χ3n) is 3.82. The first-order valence-corrected chi connectivity index (χ1v) is 8.12. The van der Waals surface area contributed by atoms with Crippen LogP contribution in [-0.4, -0.2) is 38.0 Å². The van der Waals surface area contributed by atoms with Crippen LogP contribution in [0.4, 0.5) is 0 Å². The highest BCUT2D eigenvalue weighted by Gasteiger charge is 2.52. The SMILES string of the molecule is CC1(C)OB(c2ccc(S(C)(=O)=O)[nH]c2=O)OC1(C)C. The minimum Gasteiger partial charge on any atom is -0.399 e. The van der Waals surface area contributed by atoms with Gasteiger partial charge in [0.15, 0.2) is 9.84 Å². The summed E-state index contributed by atoms with van der Waals surface area (Å²) in [7, 11) is -4.26. The zero-order chi connectivity index (χ0) is 15.3. The average Bonchev–Trinajstić information content (AvgIpc) is 2.46. The zero-order valence-electron chi connectivity index (χ0n) is 12.2. The van der Waals surface area contributed by atoms with Crippen molar-refractivity contribution < 1.29 is 17.7 Å². The van der Waals surface area contributed by atoms with E-state index in [-0.39, 0.29) is 10.5 Å². The van der Waals surface area contributed by atoms with Crippen molar-refractivity contribution in [3.8, 4) is 0 Å². The first kappa shape index (κ1) is 15.3. The molecule has 110 valence electrons. The molecule has 0 atom stereocenters. The van der Waals surface area contributed by atoms with Crippen LogP contribution in [0.5, 0.6) is 0 Å². The van der Waals surface area contributed by atoms with Gasteiger partial charge in [0.2, 0.25) is 5.56 Å². The highest BCUT2D eigenvalue weighted by molar-refractivity contribution is 7.90. The molecular formula is C12H18BNO5S. The summed E-state index contributed by atoms with van der Waals surface area (Å²) in [5, 5.41) is -0.122. The fourth-order valence-electron chi connectivity index (χ4n) is 1.84. The minimum atomic E-state index is -3.45. The molecule has 1 aliphatic rings. The molecule has 0 aliphatic carbocycles. The van der Waals surface area contributed by atoms with Gasteiger partial charge in [-0.15, -0.1) is 0 Å². The fraction of sp³-hybridized carbons (Fsp3) is 0.583. The van der Waals surface area contributed by atoms with Crippen LogP contribution < -0.4 is 11.0 Å². The maximum atomic E-state index is 12.0. The predicted octanol–water partition coefficient (Wildman–Crippen LogP) is 0.0776. The summed E-state index contributed by atoms with van der Waals surface area (Å²) in [4.78, 5) is 14.4. The molecule has 20 heavy (non-hydrogen) atoms. The van der Waals surface area contributed by atoms with Gasteiger partial charge in [-0.1, -0.05) is 6.07 Å². The van der Waals surface area contributed by atoms with E-state index in [1.54, 1.807) is 0 Å². The van der Waals surface area contributed by atoms with Gasteiger partial charge in [0.1, 0.15) is 5.03 Å². The maximum Gasteiger partial charge on any atom is 0.500 e. The Morgan fingerprint density at radius 2 is 1.60 bits per heavy atom. The monoisotopic (exact) mass is 299 g/mol. The Morgan fingerprint density at radius 3 is 2.00 bits per heavy atom. The Labute approximate surface area is 118 Å². The molecule has 6 nitrogen and oxygen atoms in total. The number of hydrogen-bond acceptors (Lipinski definition) is 5. The second-order valence-corrected chi connectivity index (χ2v) is 7.95. The molecule has 1 N–H and O–H groups in total. The second-order valence-electron chi connectivity index (χ2n) is 5.97. The Morgan fingerprint density at radius 1 is 1.10 bits per heavy atom. The summed E-state index contributed by atoms with van der Waals surface area (Å²) in [6.45, 7) is 7.52. The molecule has 0 amide bonds. The molecule has 2 rings (SSSR count). The van der Waals surface area contributed by atoms with Crippen molar-refractivity contribution in [2.75, 3.05) is 6.26 Å². The Hall–Kier alpha value is -1.12. The number of H-pyrrole nitrogens is 1. The van der Waals surface area contributed by atoms with E-state index in [0.717, 1.165) is 6.26 Å². The van der Waals surface area contributed by atoms with E-state index in [9.17, 15) is 13.2 Å². The normalized spacial score (nSPS) is 21.1. The van der Waals surface area contributed by atoms with Crippen LogP contribution in [0.2, 0.25) is 0 Å². The molecule has 1 aliphatic heterocycles. The molecule has 0 saturated carbocycles. The number of hydrogen-bond donors (Lipinski definition) is 1. The van der Waals surface area contributed by atoms with Gasteiger partial charge in [0.25, 0.3) is 0 Å². The fourth-order valence-corrected chi connectivity index (χ4v) is 2.43. The van der Waals surface area contributed by atoms with Crippen LogP contribution in [0.1, 0.15) is 27.7 Å². The van der Waals surface area contributed by atoms with Gasteiger partial charge in [0.05, 0.1) is 11.2 Å². The number of aromatic nitrogens is 1. The smallest absolute Gasteiger partial charge is 0.399 e. The van der Waals surface area contributed by atoms with E-state index in [2.05, 4.69) is 4.98 Å². The van der Waals surface area contributed by atoms with Gasteiger partial charge in [0, 0.05) is 11.7 Å². The molecule has 1 aromatic heterocycles. The molecule has 0 radical (unpaired) electrons. The molecular weight excluding hydrogens is 281 g/mol. The number of pyridine rings is 1. The van der Waals surface area contributed by atoms with E-state index in [1.165, 1.54) is 12.1 Å². The van der Waals surface area contributed by atoms with Gasteiger partial charge in [-0.05, 0) is 33.8 Å². The molecule has 8 heteroatoms. The summed E-state index contributed by atoms with van der Waals surface area (Å²) >= 11 is 0. The largest absolute Gasteiger partial charge is 0.500 e. The Balaban J connectivity index is 2.40. The van der Waals surface area contributed by atoms with E-state index in [0.29, 0.717) is 0 Å². The van der Waals surface area contributed by atoms with E-state index in [4.69, 9.17) is 9.31 Å². The maximum absolute atomic E-state index is 12.0. The van der Waals surface area contributed by atoms with Crippen LogP contribution in [0, 0.1) is 0 Å². The summed E-state index contributed by atoms with van der Waals surface area (Å²) < 4.78 is 34.3. The van der Waals surface area contributed by atoms with E-state index in [1.807, 2.05) is 27.7 Å². The van der Waals surface area contributed by atoms with Crippen LogP contribution >= 0.6 is 0 Å². The first-order valence-electron chi connectivity index (χ1n) is 6.23. The van der Waals surface area contributed by atoms with Crippen molar-refractivity contribution in [3.05, 3.63) is 22.5 Å². The van der Waals surface area contributed by atoms with Crippen LogP contribution in [0.3, 0.4) is 0 Å². The molecule has 1 saturated heterocycles. The Bertz CT molecular complexity index is 676. The summed E-state index contributed by atoms with van der Waals surface area (Å²) in [6, 6.07) is 2.77. The van der Waals surface area contributed by atoms with Gasteiger partial charge in [-0.25, -0.2) is 8.42 Å². The lowest BCUT2D eigenvalue weighted by atomic mass is 9.80.